The van der Waals surface area contributed by atoms with Gasteiger partial charge in [0.15, 0.2) is 11.6 Å². The van der Waals surface area contributed by atoms with Crippen molar-refractivity contribution in [3.05, 3.63) is 64.5 Å². The number of benzene rings is 1. The summed E-state index contributed by atoms with van der Waals surface area (Å²) in [6.45, 7) is 9.48. The molecule has 0 fully saturated rings. The van der Waals surface area contributed by atoms with E-state index in [0.717, 1.165) is 19.2 Å². The van der Waals surface area contributed by atoms with E-state index in [1.807, 2.05) is 0 Å². The normalized spacial score (nSPS) is 14.5. The van der Waals surface area contributed by atoms with Gasteiger partial charge in [-0.1, -0.05) is 6.57 Å². The Labute approximate surface area is 231 Å². The molecule has 0 aliphatic carbocycles. The minimum Gasteiger partial charge on any atom is -0.482 e. The maximum Gasteiger partial charge on any atom is 0.410 e. The molecule has 1 aromatic carbocycles. The van der Waals surface area contributed by atoms with Crippen LogP contribution in [0.5, 0.6) is 5.75 Å². The molecule has 0 spiro atoms. The topological polar surface area (TPSA) is 126 Å². The standard InChI is InChI=1S/C27H31FN6O5/c1-15(19-12-17(28)9-10-18(19)25(35)37-8)38-21-11-16(13-31-23(21)29)22-20(32-34(7)24(22)30-5)14-33(6)26(36)39-27(2,3)4/h9-13,15H,14H2,1-4,6-8H3,(H2,29,31)/i1D3,15D. The largest absolute Gasteiger partial charge is 0.482 e. The van der Waals surface area contributed by atoms with Gasteiger partial charge in [-0.15, -0.1) is 5.10 Å². The first-order valence-electron chi connectivity index (χ1n) is 13.5. The molecule has 206 valence electrons. The second kappa shape index (κ2) is 11.4. The zero-order valence-electron chi connectivity index (χ0n) is 26.3. The first-order chi connectivity index (χ1) is 19.8. The lowest BCUT2D eigenvalue weighted by Crippen LogP contribution is -2.34. The molecule has 0 aliphatic rings. The SMILES string of the molecule is [2H]C([2H])([2H])C([2H])(Oc1cc(-c2c(CN(C)C(=O)OC(C)(C)C)nn(C)c2[N+]#[C-])cnc1N)c1cc(F)ccc1C(=O)OC. The van der Waals surface area contributed by atoms with E-state index < -0.39 is 53.3 Å². The Kier molecular flexibility index (Phi) is 6.85. The average Bonchev–Trinajstić information content (AvgIpc) is 3.21. The highest BCUT2D eigenvalue weighted by molar-refractivity contribution is 5.91. The number of esters is 1. The molecule has 2 aromatic heterocycles. The van der Waals surface area contributed by atoms with E-state index in [9.17, 15) is 14.0 Å². The van der Waals surface area contributed by atoms with Crippen LogP contribution in [0.25, 0.3) is 16.0 Å². The summed E-state index contributed by atoms with van der Waals surface area (Å²) in [5.41, 5.74) is 4.92. The zero-order valence-corrected chi connectivity index (χ0v) is 22.3. The third kappa shape index (κ3) is 6.62. The van der Waals surface area contributed by atoms with Crippen LogP contribution in [0, 0.1) is 12.4 Å². The molecule has 11 nitrogen and oxygen atoms in total. The Balaban J connectivity index is 2.16. The highest BCUT2D eigenvalue weighted by Crippen LogP contribution is 2.38. The molecule has 0 saturated carbocycles. The van der Waals surface area contributed by atoms with Crippen molar-refractivity contribution in [2.75, 3.05) is 19.9 Å². The van der Waals surface area contributed by atoms with Gasteiger partial charge in [-0.2, -0.15) is 0 Å². The number of aromatic nitrogens is 3. The number of pyridine rings is 1. The van der Waals surface area contributed by atoms with Crippen LogP contribution in [-0.4, -0.2) is 51.5 Å². The predicted molar refractivity (Wildman–Crippen MR) is 142 cm³/mol. The molecule has 12 heteroatoms. The monoisotopic (exact) mass is 542 g/mol. The van der Waals surface area contributed by atoms with E-state index in [0.29, 0.717) is 6.07 Å². The number of halogens is 1. The van der Waals surface area contributed by atoms with E-state index in [1.165, 1.54) is 35.9 Å². The number of methoxy groups -OCH3 is 1. The van der Waals surface area contributed by atoms with Gasteiger partial charge in [0.05, 0.1) is 27.6 Å². The second-order valence-electron chi connectivity index (χ2n) is 9.44. The van der Waals surface area contributed by atoms with Crippen molar-refractivity contribution in [3.63, 3.8) is 0 Å². The number of rotatable bonds is 7. The predicted octanol–water partition coefficient (Wildman–Crippen LogP) is 5.05. The van der Waals surface area contributed by atoms with Gasteiger partial charge in [0.25, 0.3) is 5.82 Å². The summed E-state index contributed by atoms with van der Waals surface area (Å²) in [5, 5.41) is 4.37. The molecule has 0 radical (unpaired) electrons. The van der Waals surface area contributed by atoms with Gasteiger partial charge < -0.3 is 29.7 Å². The van der Waals surface area contributed by atoms with Crippen LogP contribution in [0.3, 0.4) is 0 Å². The fourth-order valence-corrected chi connectivity index (χ4v) is 3.56. The zero-order chi connectivity index (χ0) is 32.5. The quantitative estimate of drug-likeness (QED) is 0.325. The summed E-state index contributed by atoms with van der Waals surface area (Å²) in [5.74, 6) is -2.63. The summed E-state index contributed by atoms with van der Waals surface area (Å²) >= 11 is 0. The van der Waals surface area contributed by atoms with E-state index in [4.69, 9.17) is 32.0 Å². The van der Waals surface area contributed by atoms with Crippen LogP contribution < -0.4 is 10.5 Å². The highest BCUT2D eigenvalue weighted by atomic mass is 19.1. The van der Waals surface area contributed by atoms with Crippen molar-refractivity contribution in [2.45, 2.75) is 45.8 Å². The third-order valence-electron chi connectivity index (χ3n) is 5.30. The van der Waals surface area contributed by atoms with Gasteiger partial charge in [0.2, 0.25) is 0 Å². The van der Waals surface area contributed by atoms with Gasteiger partial charge in [0.1, 0.15) is 23.2 Å². The summed E-state index contributed by atoms with van der Waals surface area (Å²) in [6, 6.07) is 3.84. The fraction of sp³-hybridized carbons (Fsp3) is 0.370. The Morgan fingerprint density at radius 1 is 1.36 bits per heavy atom. The number of nitrogens with zero attached hydrogens (tertiary/aromatic N) is 5. The van der Waals surface area contributed by atoms with Crippen molar-refractivity contribution >= 4 is 23.7 Å². The number of anilines is 1. The molecule has 0 aliphatic heterocycles. The number of amides is 1. The fourth-order valence-electron chi connectivity index (χ4n) is 3.56. The van der Waals surface area contributed by atoms with Gasteiger partial charge in [-0.3, -0.25) is 0 Å². The molecule has 0 saturated heterocycles. The molecule has 39 heavy (non-hydrogen) atoms. The molecular weight excluding hydrogens is 507 g/mol. The van der Waals surface area contributed by atoms with Crippen LogP contribution in [0.15, 0.2) is 30.5 Å². The van der Waals surface area contributed by atoms with Crippen LogP contribution in [-0.2, 0) is 23.1 Å². The molecule has 1 amide bonds. The molecular formula is C27H31FN6O5. The van der Waals surface area contributed by atoms with Crippen molar-refractivity contribution in [1.29, 1.82) is 0 Å². The third-order valence-corrected chi connectivity index (χ3v) is 5.30. The summed E-state index contributed by atoms with van der Waals surface area (Å²) in [4.78, 5) is 33.9. The first kappa shape index (κ1) is 23.5. The van der Waals surface area contributed by atoms with E-state index >= 15 is 0 Å². The number of aryl methyl sites for hydroxylation is 1. The molecule has 3 rings (SSSR count). The maximum atomic E-state index is 14.3. The van der Waals surface area contributed by atoms with Crippen LogP contribution in [0.1, 0.15) is 60.8 Å². The molecule has 1 atom stereocenters. The van der Waals surface area contributed by atoms with Crippen LogP contribution >= 0.6 is 0 Å². The van der Waals surface area contributed by atoms with E-state index in [1.54, 1.807) is 20.8 Å². The number of ether oxygens (including phenoxy) is 3. The number of nitrogen functional groups attached to an aromatic ring is 1. The number of hydrogen-bond donors (Lipinski definition) is 1. The summed E-state index contributed by atoms with van der Waals surface area (Å²) < 4.78 is 64.6. The molecule has 2 heterocycles. The van der Waals surface area contributed by atoms with Crippen LogP contribution in [0.2, 0.25) is 0 Å². The summed E-state index contributed by atoms with van der Waals surface area (Å²) in [7, 11) is 4.06. The first-order valence-corrected chi connectivity index (χ1v) is 11.5. The number of carbonyl (C=O) groups is 2. The lowest BCUT2D eigenvalue weighted by Gasteiger charge is -2.24. The second-order valence-corrected chi connectivity index (χ2v) is 9.44. The van der Waals surface area contributed by atoms with Crippen molar-refractivity contribution in [3.8, 4) is 16.9 Å². The number of hydrogen-bond acceptors (Lipinski definition) is 8. The Morgan fingerprint density at radius 3 is 2.69 bits per heavy atom. The van der Waals surface area contributed by atoms with Gasteiger partial charge in [-0.05, 0) is 57.5 Å². The summed E-state index contributed by atoms with van der Waals surface area (Å²) in [6.07, 6.45) is -2.42. The number of nitrogens with two attached hydrogens (primary N) is 1. The van der Waals surface area contributed by atoms with E-state index in [-0.39, 0.29) is 35.0 Å². The highest BCUT2D eigenvalue weighted by Gasteiger charge is 2.26. The average molecular weight is 543 g/mol. The van der Waals surface area contributed by atoms with Gasteiger partial charge >= 0.3 is 12.1 Å². The van der Waals surface area contributed by atoms with Crippen molar-refractivity contribution in [1.82, 2.24) is 19.7 Å². The molecule has 1 unspecified atom stereocenters. The van der Waals surface area contributed by atoms with E-state index in [2.05, 4.69) is 14.9 Å². The van der Waals surface area contributed by atoms with Gasteiger partial charge in [0, 0.05) is 28.5 Å². The Morgan fingerprint density at radius 2 is 2.08 bits per heavy atom. The Hall–Kier alpha value is -4.66. The lowest BCUT2D eigenvalue weighted by atomic mass is 10.0. The molecule has 0 bridgehead atoms. The lowest BCUT2D eigenvalue weighted by molar-refractivity contribution is 0.0283. The van der Waals surface area contributed by atoms with Gasteiger partial charge in [-0.25, -0.2) is 23.6 Å². The molecule has 3 aromatic rings. The maximum absolute atomic E-state index is 14.3. The van der Waals surface area contributed by atoms with Crippen molar-refractivity contribution < 1.29 is 33.7 Å². The van der Waals surface area contributed by atoms with Crippen LogP contribution in [0.4, 0.5) is 20.8 Å². The minimum absolute atomic E-state index is 0.0520. The van der Waals surface area contributed by atoms with Crippen molar-refractivity contribution in [2.24, 2.45) is 7.05 Å². The molecule has 2 N–H and O–H groups in total. The number of carbonyl (C=O) groups excluding carboxylic acids is 2. The minimum atomic E-state index is -3.29. The Bertz CT molecular complexity index is 1600. The smallest absolute Gasteiger partial charge is 0.410 e.